The Bertz CT molecular complexity index is 2800. The maximum atomic E-state index is 13.2. The highest BCUT2D eigenvalue weighted by Crippen LogP contribution is 2.30. The van der Waals surface area contributed by atoms with Crippen LogP contribution in [-0.2, 0) is 41.0 Å². The maximum absolute atomic E-state index is 13.2. The van der Waals surface area contributed by atoms with Crippen LogP contribution < -0.4 is 26.2 Å². The first kappa shape index (κ1) is 55.5. The van der Waals surface area contributed by atoms with E-state index in [1.807, 2.05) is 49.4 Å². The Morgan fingerprint density at radius 1 is 0.746 bits per heavy atom. The lowest BCUT2D eigenvalue weighted by Crippen LogP contribution is -2.39. The van der Waals surface area contributed by atoms with E-state index in [9.17, 15) is 28.2 Å². The number of para-hydroxylation sites is 1. The van der Waals surface area contributed by atoms with Crippen molar-refractivity contribution in [3.63, 3.8) is 0 Å². The van der Waals surface area contributed by atoms with Gasteiger partial charge in [0.25, 0.3) is 5.91 Å². The second kappa shape index (κ2) is 27.2. The molecule has 0 aliphatic rings. The average Bonchev–Trinajstić information content (AvgIpc) is 3.77. The molecule has 0 fully saturated rings. The molecule has 1 heterocycles. The molecule has 15 nitrogen and oxygen atoms in total. The molecule has 0 aliphatic heterocycles. The van der Waals surface area contributed by atoms with Crippen LogP contribution in [0.15, 0.2) is 126 Å². The summed E-state index contributed by atoms with van der Waals surface area (Å²) in [4.78, 5) is 67.6. The fraction of sp³-hybridized carbons (Fsp3) is 0.288. The fourth-order valence-electron chi connectivity index (χ4n) is 6.69. The zero-order valence-electron chi connectivity index (χ0n) is 39.9. The van der Waals surface area contributed by atoms with Crippen LogP contribution in [-0.4, -0.2) is 54.9 Å². The fourth-order valence-corrected chi connectivity index (χ4v) is 7.94. The highest BCUT2D eigenvalue weighted by atomic mass is 35.5. The molecule has 6 aromatic rings. The predicted octanol–water partition coefficient (Wildman–Crippen LogP) is 11.8. The Morgan fingerprint density at radius 3 is 2.13 bits per heavy atom. The van der Waals surface area contributed by atoms with E-state index in [1.54, 1.807) is 57.2 Å². The Labute approximate surface area is 431 Å². The van der Waals surface area contributed by atoms with Gasteiger partial charge in [0.1, 0.15) is 12.1 Å². The van der Waals surface area contributed by atoms with Crippen LogP contribution in [0.25, 0.3) is 0 Å². The average molecular weight is 1050 g/mol. The van der Waals surface area contributed by atoms with E-state index in [1.165, 1.54) is 55.4 Å². The molecule has 5 aromatic carbocycles. The number of nitrogens with zero attached hydrogens (tertiary/aromatic N) is 3. The number of rotatable bonds is 22. The van der Waals surface area contributed by atoms with E-state index < -0.39 is 34.4 Å². The topological polar surface area (TPSA) is 200 Å². The smallest absolute Gasteiger partial charge is 0.257 e. The second-order valence-corrected chi connectivity index (χ2v) is 19.4. The number of halogens is 3. The third-order valence-corrected chi connectivity index (χ3v) is 12.2. The van der Waals surface area contributed by atoms with E-state index in [0.717, 1.165) is 22.4 Å². The summed E-state index contributed by atoms with van der Waals surface area (Å²) in [5, 5.41) is 12.4. The number of ether oxygens (including phenoxy) is 1. The first-order valence-corrected chi connectivity index (χ1v) is 24.9. The SMILES string of the molecule is CCCCCc1ccc(OCCCC(=O)Nc2ccc(Cl)c(NC(=O)C(C(=O)C(C)(C)C)n3cnc(Cl)n3)c2)cc1.Cc1ccccc1C(=O)CC(=O)Nc1ccc(S(=O)ONc2ccccc2)cc1Cl. The summed E-state index contributed by atoms with van der Waals surface area (Å²) in [5.41, 5.74) is 6.01. The van der Waals surface area contributed by atoms with Gasteiger partial charge in [-0.15, -0.1) is 5.10 Å². The predicted molar refractivity (Wildman–Crippen MR) is 279 cm³/mol. The lowest BCUT2D eigenvalue weighted by molar-refractivity contribution is -0.136. The number of Topliss-reactive ketones (excluding diaryl/α,β-unsaturated/α-hetero) is 2. The van der Waals surface area contributed by atoms with Gasteiger partial charge < -0.3 is 20.7 Å². The molecule has 6 rings (SSSR count). The van der Waals surface area contributed by atoms with Crippen LogP contribution >= 0.6 is 34.8 Å². The Hall–Kier alpha value is -6.43. The number of nitrogens with one attached hydrogen (secondary N) is 4. The number of aromatic nitrogens is 3. The number of anilines is 4. The van der Waals surface area contributed by atoms with Crippen molar-refractivity contribution in [2.24, 2.45) is 5.41 Å². The Morgan fingerprint density at radius 2 is 1.46 bits per heavy atom. The summed E-state index contributed by atoms with van der Waals surface area (Å²) in [7, 11) is 0. The van der Waals surface area contributed by atoms with Gasteiger partial charge in [0.05, 0.1) is 45.0 Å². The molecule has 1 aromatic heterocycles. The highest BCUT2D eigenvalue weighted by Gasteiger charge is 2.37. The van der Waals surface area contributed by atoms with E-state index in [0.29, 0.717) is 40.5 Å². The van der Waals surface area contributed by atoms with E-state index >= 15 is 0 Å². The molecule has 71 heavy (non-hydrogen) atoms. The van der Waals surface area contributed by atoms with Gasteiger partial charge in [-0.25, -0.2) is 13.9 Å². The van der Waals surface area contributed by atoms with Gasteiger partial charge in [0.2, 0.25) is 28.2 Å². The summed E-state index contributed by atoms with van der Waals surface area (Å²) in [5.74, 6) is -1.25. The molecule has 19 heteroatoms. The van der Waals surface area contributed by atoms with Crippen molar-refractivity contribution in [2.75, 3.05) is 28.0 Å². The molecule has 0 bridgehead atoms. The molecule has 4 N–H and O–H groups in total. The zero-order valence-corrected chi connectivity index (χ0v) is 43.0. The molecule has 0 saturated heterocycles. The normalized spacial score (nSPS) is 11.8. The molecule has 3 amide bonds. The summed E-state index contributed by atoms with van der Waals surface area (Å²) >= 11 is 16.5. The monoisotopic (exact) mass is 1040 g/mol. The quantitative estimate of drug-likeness (QED) is 0.0218. The summed E-state index contributed by atoms with van der Waals surface area (Å²) in [6.45, 7) is 9.52. The lowest BCUT2D eigenvalue weighted by Gasteiger charge is -2.24. The summed E-state index contributed by atoms with van der Waals surface area (Å²) in [6, 6.07) is 32.0. The van der Waals surface area contributed by atoms with E-state index in [2.05, 4.69) is 50.6 Å². The van der Waals surface area contributed by atoms with Crippen LogP contribution in [0.4, 0.5) is 22.7 Å². The number of unbranched alkanes of at least 4 members (excludes halogenated alkanes) is 2. The number of benzene rings is 5. The van der Waals surface area contributed by atoms with Crippen molar-refractivity contribution in [3.8, 4) is 5.75 Å². The largest absolute Gasteiger partial charge is 0.494 e. The molecule has 0 radical (unpaired) electrons. The number of ketones is 2. The van der Waals surface area contributed by atoms with Gasteiger partial charge in [-0.1, -0.05) is 118 Å². The summed E-state index contributed by atoms with van der Waals surface area (Å²) in [6.07, 6.45) is 6.37. The minimum absolute atomic E-state index is 0.0895. The first-order chi connectivity index (χ1) is 33.9. The van der Waals surface area contributed by atoms with Gasteiger partial charge in [-0.3, -0.25) is 29.5 Å². The number of carbonyl (C=O) groups is 5. The van der Waals surface area contributed by atoms with E-state index in [4.69, 9.17) is 43.8 Å². The van der Waals surface area contributed by atoms with Crippen molar-refractivity contribution in [1.82, 2.24) is 14.8 Å². The zero-order chi connectivity index (χ0) is 51.5. The van der Waals surface area contributed by atoms with E-state index in [-0.39, 0.29) is 51.3 Å². The second-order valence-electron chi connectivity index (χ2n) is 17.2. The standard InChI is InChI=1S/C30H37Cl2N5O4.C22H19ClN2O4S/c1-5-6-7-9-20-11-14-22(15-12-20)41-17-8-10-25(38)34-21-13-16-23(31)24(18-21)35-28(40)26(27(39)30(2,3)4)37-19-33-29(32)36-37;1-15-7-5-6-10-18(15)21(26)14-22(27)24-20-12-11-17(13-19(20)23)30(28)29-25-16-8-3-2-4-9-16/h11-16,18-19,26H,5-10,17H2,1-4H3,(H,34,38)(H,35,40);2-13,25H,14H2,1H3,(H,24,27). The highest BCUT2D eigenvalue weighted by molar-refractivity contribution is 7.80. The van der Waals surface area contributed by atoms with Gasteiger partial charge in [0, 0.05) is 23.1 Å². The van der Waals surface area contributed by atoms with Gasteiger partial charge >= 0.3 is 0 Å². The molecular formula is C52H56Cl3N7O8S. The molecule has 2 atom stereocenters. The van der Waals surface area contributed by atoms with Crippen LogP contribution in [0, 0.1) is 12.3 Å². The first-order valence-electron chi connectivity index (χ1n) is 22.7. The molecule has 2 unspecified atom stereocenters. The molecular weight excluding hydrogens is 989 g/mol. The van der Waals surface area contributed by atoms with Crippen LogP contribution in [0.1, 0.15) is 93.7 Å². The minimum Gasteiger partial charge on any atom is -0.494 e. The van der Waals surface area contributed by atoms with Crippen LogP contribution in [0.5, 0.6) is 5.75 Å². The lowest BCUT2D eigenvalue weighted by atomic mass is 9.86. The van der Waals surface area contributed by atoms with Gasteiger partial charge in [-0.05, 0) is 110 Å². The Kier molecular flexibility index (Phi) is 21.3. The number of carbonyl (C=O) groups excluding carboxylic acids is 5. The number of hydrogen-bond acceptors (Lipinski definition) is 11. The molecule has 374 valence electrons. The maximum Gasteiger partial charge on any atom is 0.257 e. The summed E-state index contributed by atoms with van der Waals surface area (Å²) < 4.78 is 24.3. The molecule has 0 aliphatic carbocycles. The number of aryl methyl sites for hydroxylation is 2. The number of hydrogen-bond donors (Lipinski definition) is 4. The number of amides is 3. The van der Waals surface area contributed by atoms with Crippen molar-refractivity contribution in [1.29, 1.82) is 0 Å². The van der Waals surface area contributed by atoms with Crippen molar-refractivity contribution >= 4 is 97.9 Å². The van der Waals surface area contributed by atoms with Crippen molar-refractivity contribution in [3.05, 3.63) is 154 Å². The van der Waals surface area contributed by atoms with Crippen molar-refractivity contribution < 1.29 is 37.2 Å². The third kappa shape index (κ3) is 17.7. The minimum atomic E-state index is -1.81. The van der Waals surface area contributed by atoms with Crippen LogP contribution in [0.3, 0.4) is 0 Å². The van der Waals surface area contributed by atoms with Crippen molar-refractivity contribution in [2.45, 2.75) is 90.5 Å². The molecule has 0 spiro atoms. The molecule has 0 saturated carbocycles. The van der Waals surface area contributed by atoms with Gasteiger partial charge in [-0.2, -0.15) is 4.28 Å². The van der Waals surface area contributed by atoms with Crippen LogP contribution in [0.2, 0.25) is 15.3 Å². The third-order valence-electron chi connectivity index (χ3n) is 10.5. The van der Waals surface area contributed by atoms with Gasteiger partial charge in [0.15, 0.2) is 17.6 Å². The Balaban J connectivity index is 0.000000277.